The van der Waals surface area contributed by atoms with E-state index in [4.69, 9.17) is 0 Å². The minimum absolute atomic E-state index is 0.0880. The third-order valence-corrected chi connectivity index (χ3v) is 4.81. The van der Waals surface area contributed by atoms with Crippen LogP contribution in [0.3, 0.4) is 0 Å². The lowest BCUT2D eigenvalue weighted by molar-refractivity contribution is -0.124. The number of hydrogen-bond acceptors (Lipinski definition) is 8. The van der Waals surface area contributed by atoms with Gasteiger partial charge in [-0.25, -0.2) is 9.36 Å². The maximum absolute atomic E-state index is 12.2. The molecule has 10 heteroatoms. The Bertz CT molecular complexity index is 673. The summed E-state index contributed by atoms with van der Waals surface area (Å²) >= 11 is 0. The average Bonchev–Trinajstić information content (AvgIpc) is 3.30. The van der Waals surface area contributed by atoms with Gasteiger partial charge in [-0.1, -0.05) is 27.7 Å². The van der Waals surface area contributed by atoms with Crippen LogP contribution < -0.4 is 0 Å². The van der Waals surface area contributed by atoms with Gasteiger partial charge >= 0.3 is 0 Å². The standard InChI is InChI=1S/C18H30N8O2/c1-17(2,11-25-13-19-21-23-25)9-7-15(27)5-6-16(28)8-10-18(3,4)12-26-14-20-22-24-26/h13-14H,5-12H2,1-4H3. The molecule has 0 amide bonds. The highest BCUT2D eigenvalue weighted by atomic mass is 16.1. The summed E-state index contributed by atoms with van der Waals surface area (Å²) in [5.41, 5.74) is -0.176. The summed E-state index contributed by atoms with van der Waals surface area (Å²) in [7, 11) is 0. The number of Topliss-reactive ketones (excluding diaryl/α,β-unsaturated/α-hetero) is 2. The molecule has 0 aromatic carbocycles. The zero-order valence-electron chi connectivity index (χ0n) is 17.2. The van der Waals surface area contributed by atoms with Crippen LogP contribution in [-0.2, 0) is 22.7 Å². The van der Waals surface area contributed by atoms with Crippen molar-refractivity contribution in [1.82, 2.24) is 40.4 Å². The zero-order chi connectivity index (χ0) is 20.6. The first-order valence-electron chi connectivity index (χ1n) is 9.60. The summed E-state index contributed by atoms with van der Waals surface area (Å²) < 4.78 is 3.34. The number of carbonyl (C=O) groups excluding carboxylic acids is 2. The van der Waals surface area contributed by atoms with Gasteiger partial charge in [-0.05, 0) is 44.5 Å². The fourth-order valence-corrected chi connectivity index (χ4v) is 3.03. The lowest BCUT2D eigenvalue weighted by Crippen LogP contribution is -2.22. The third-order valence-electron chi connectivity index (χ3n) is 4.81. The van der Waals surface area contributed by atoms with Crippen molar-refractivity contribution in [3.8, 4) is 0 Å². The number of nitrogens with zero attached hydrogens (tertiary/aromatic N) is 8. The molecule has 10 nitrogen and oxygen atoms in total. The Labute approximate surface area is 165 Å². The molecule has 0 spiro atoms. The quantitative estimate of drug-likeness (QED) is 0.508. The second-order valence-corrected chi connectivity index (χ2v) is 8.92. The highest BCUT2D eigenvalue weighted by Gasteiger charge is 2.22. The van der Waals surface area contributed by atoms with Crippen LogP contribution in [0.1, 0.15) is 66.2 Å². The Kier molecular flexibility index (Phi) is 7.47. The predicted molar refractivity (Wildman–Crippen MR) is 101 cm³/mol. The smallest absolute Gasteiger partial charge is 0.138 e. The summed E-state index contributed by atoms with van der Waals surface area (Å²) in [5.74, 6) is 0.261. The molecular formula is C18H30N8O2. The van der Waals surface area contributed by atoms with E-state index in [1.165, 1.54) is 0 Å². The van der Waals surface area contributed by atoms with Crippen molar-refractivity contribution >= 4 is 11.6 Å². The summed E-state index contributed by atoms with van der Waals surface area (Å²) in [5, 5.41) is 22.2. The minimum atomic E-state index is -0.0880. The Morgan fingerprint density at radius 2 is 1.11 bits per heavy atom. The van der Waals surface area contributed by atoms with Gasteiger partial charge in [0.2, 0.25) is 0 Å². The number of aromatic nitrogens is 8. The van der Waals surface area contributed by atoms with Crippen molar-refractivity contribution in [1.29, 1.82) is 0 Å². The molecule has 0 bridgehead atoms. The Balaban J connectivity index is 1.64. The Hall–Kier alpha value is -2.52. The molecule has 28 heavy (non-hydrogen) atoms. The van der Waals surface area contributed by atoms with Gasteiger partial charge in [0.1, 0.15) is 24.2 Å². The van der Waals surface area contributed by atoms with Gasteiger partial charge in [0.05, 0.1) is 0 Å². The molecular weight excluding hydrogens is 360 g/mol. The molecule has 2 rings (SSSR count). The van der Waals surface area contributed by atoms with Crippen molar-refractivity contribution in [2.75, 3.05) is 0 Å². The molecule has 2 heterocycles. The first-order valence-corrected chi connectivity index (χ1v) is 9.60. The molecule has 2 aromatic rings. The van der Waals surface area contributed by atoms with Crippen molar-refractivity contribution in [2.24, 2.45) is 10.8 Å². The average molecular weight is 390 g/mol. The van der Waals surface area contributed by atoms with E-state index in [0.29, 0.717) is 38.8 Å². The number of ketones is 2. The summed E-state index contributed by atoms with van der Waals surface area (Å²) in [6, 6.07) is 0. The van der Waals surface area contributed by atoms with Crippen LogP contribution >= 0.6 is 0 Å². The molecule has 154 valence electrons. The fraction of sp³-hybridized carbons (Fsp3) is 0.778. The van der Waals surface area contributed by atoms with Crippen molar-refractivity contribution < 1.29 is 9.59 Å². The lowest BCUT2D eigenvalue weighted by Gasteiger charge is -2.24. The van der Waals surface area contributed by atoms with Gasteiger partial charge in [0.25, 0.3) is 0 Å². The second-order valence-electron chi connectivity index (χ2n) is 8.92. The monoisotopic (exact) mass is 390 g/mol. The molecule has 0 aliphatic rings. The molecule has 0 fully saturated rings. The number of hydrogen-bond donors (Lipinski definition) is 0. The zero-order valence-corrected chi connectivity index (χ0v) is 17.2. The van der Waals surface area contributed by atoms with Crippen LogP contribution in [0.25, 0.3) is 0 Å². The Morgan fingerprint density at radius 3 is 1.43 bits per heavy atom. The summed E-state index contributed by atoms with van der Waals surface area (Å²) in [6.45, 7) is 9.64. The van der Waals surface area contributed by atoms with Crippen LogP contribution in [0.5, 0.6) is 0 Å². The van der Waals surface area contributed by atoms with E-state index in [-0.39, 0.29) is 22.4 Å². The van der Waals surface area contributed by atoms with Crippen molar-refractivity contribution in [3.05, 3.63) is 12.7 Å². The van der Waals surface area contributed by atoms with Crippen molar-refractivity contribution in [3.63, 3.8) is 0 Å². The van der Waals surface area contributed by atoms with E-state index < -0.39 is 0 Å². The van der Waals surface area contributed by atoms with Gasteiger partial charge in [-0.3, -0.25) is 9.59 Å². The van der Waals surface area contributed by atoms with Gasteiger partial charge in [0, 0.05) is 38.8 Å². The highest BCUT2D eigenvalue weighted by molar-refractivity contribution is 5.85. The van der Waals surface area contributed by atoms with Gasteiger partial charge < -0.3 is 0 Å². The summed E-state index contributed by atoms with van der Waals surface area (Å²) in [6.07, 6.45) is 6.17. The van der Waals surface area contributed by atoms with E-state index in [1.54, 1.807) is 22.0 Å². The topological polar surface area (TPSA) is 121 Å². The van der Waals surface area contributed by atoms with Crippen LogP contribution in [0.4, 0.5) is 0 Å². The highest BCUT2D eigenvalue weighted by Crippen LogP contribution is 2.26. The molecule has 0 saturated carbocycles. The minimum Gasteiger partial charge on any atom is -0.300 e. The molecule has 0 unspecified atom stereocenters. The normalized spacial score (nSPS) is 12.3. The lowest BCUT2D eigenvalue weighted by atomic mass is 9.85. The molecule has 0 atom stereocenters. The SMILES string of the molecule is CC(C)(CCC(=O)CCC(=O)CCC(C)(C)Cn1cnnn1)Cn1cnnn1. The van der Waals surface area contributed by atoms with Gasteiger partial charge in [-0.15, -0.1) is 10.2 Å². The van der Waals surface area contributed by atoms with Gasteiger partial charge in [-0.2, -0.15) is 0 Å². The van der Waals surface area contributed by atoms with E-state index in [1.807, 2.05) is 0 Å². The van der Waals surface area contributed by atoms with Gasteiger partial charge in [0.15, 0.2) is 0 Å². The number of carbonyl (C=O) groups is 2. The second kappa shape index (κ2) is 9.61. The third kappa shape index (κ3) is 8.01. The maximum atomic E-state index is 12.2. The number of rotatable bonds is 13. The molecule has 0 N–H and O–H groups in total. The van der Waals surface area contributed by atoms with Crippen LogP contribution in [-0.4, -0.2) is 52.0 Å². The predicted octanol–water partition coefficient (Wildman–Crippen LogP) is 1.89. The van der Waals surface area contributed by atoms with Crippen LogP contribution in [0, 0.1) is 10.8 Å². The first-order chi connectivity index (χ1) is 13.2. The maximum Gasteiger partial charge on any atom is 0.138 e. The van der Waals surface area contributed by atoms with Crippen molar-refractivity contribution in [2.45, 2.75) is 79.3 Å². The number of tetrazole rings is 2. The van der Waals surface area contributed by atoms with E-state index in [0.717, 1.165) is 12.8 Å². The molecule has 0 aliphatic heterocycles. The Morgan fingerprint density at radius 1 is 0.714 bits per heavy atom. The van der Waals surface area contributed by atoms with Crippen LogP contribution in [0.2, 0.25) is 0 Å². The molecule has 0 radical (unpaired) electrons. The molecule has 0 saturated heterocycles. The fourth-order valence-electron chi connectivity index (χ4n) is 3.03. The summed E-state index contributed by atoms with van der Waals surface area (Å²) in [4.78, 5) is 24.4. The van der Waals surface area contributed by atoms with E-state index in [9.17, 15) is 9.59 Å². The first kappa shape index (κ1) is 21.8. The molecule has 2 aromatic heterocycles. The van der Waals surface area contributed by atoms with E-state index >= 15 is 0 Å². The largest absolute Gasteiger partial charge is 0.300 e. The van der Waals surface area contributed by atoms with Crippen LogP contribution in [0.15, 0.2) is 12.7 Å². The molecule has 0 aliphatic carbocycles. The van der Waals surface area contributed by atoms with E-state index in [2.05, 4.69) is 58.7 Å².